The van der Waals surface area contributed by atoms with Gasteiger partial charge in [0.25, 0.3) is 0 Å². The summed E-state index contributed by atoms with van der Waals surface area (Å²) < 4.78 is 13.7. The van der Waals surface area contributed by atoms with Crippen molar-refractivity contribution in [3.63, 3.8) is 0 Å². The van der Waals surface area contributed by atoms with E-state index in [4.69, 9.17) is 14.5 Å². The molecule has 0 aliphatic rings. The van der Waals surface area contributed by atoms with Crippen LogP contribution in [0, 0.1) is 6.92 Å². The first-order valence-electron chi connectivity index (χ1n) is 10.3. The van der Waals surface area contributed by atoms with Gasteiger partial charge in [-0.1, -0.05) is 28.9 Å². The van der Waals surface area contributed by atoms with E-state index in [0.29, 0.717) is 13.2 Å². The molecule has 160 valence electrons. The number of thiazole rings is 1. The topological polar surface area (TPSA) is 43.4 Å². The van der Waals surface area contributed by atoms with E-state index in [-0.39, 0.29) is 0 Å². The maximum absolute atomic E-state index is 5.97. The fourth-order valence-electron chi connectivity index (χ4n) is 3.36. The molecule has 1 N–H and O–H groups in total. The lowest BCUT2D eigenvalue weighted by Gasteiger charge is -2.16. The number of halogens is 1. The maximum atomic E-state index is 5.97. The second-order valence-corrected chi connectivity index (χ2v) is 9.31. The van der Waals surface area contributed by atoms with Gasteiger partial charge in [-0.2, -0.15) is 0 Å². The Morgan fingerprint density at radius 1 is 1.06 bits per heavy atom. The Bertz CT molecular complexity index is 1190. The first-order valence-corrected chi connectivity index (χ1v) is 11.9. The lowest BCUT2D eigenvalue weighted by atomic mass is 10.1. The van der Waals surface area contributed by atoms with Crippen molar-refractivity contribution in [2.24, 2.45) is 0 Å². The molecule has 4 nitrogen and oxygen atoms in total. The van der Waals surface area contributed by atoms with Crippen molar-refractivity contribution >= 4 is 43.2 Å². The van der Waals surface area contributed by atoms with Gasteiger partial charge in [0.05, 0.1) is 23.9 Å². The lowest BCUT2D eigenvalue weighted by Crippen LogP contribution is -2.06. The molecule has 0 atom stereocenters. The minimum atomic E-state index is 0.634. The largest absolute Gasteiger partial charge is 0.493 e. The molecule has 0 radical (unpaired) electrons. The number of rotatable bonds is 8. The molecule has 0 aliphatic carbocycles. The summed E-state index contributed by atoms with van der Waals surface area (Å²) >= 11 is 5.30. The molecule has 4 aromatic rings. The quantitative estimate of drug-likeness (QED) is 0.275. The summed E-state index contributed by atoms with van der Waals surface area (Å²) in [7, 11) is 1.67. The third-order valence-corrected chi connectivity index (χ3v) is 6.45. The Morgan fingerprint density at radius 2 is 1.87 bits per heavy atom. The Kier molecular flexibility index (Phi) is 6.78. The fourth-order valence-corrected chi connectivity index (χ4v) is 4.91. The van der Waals surface area contributed by atoms with E-state index in [1.807, 2.05) is 6.07 Å². The van der Waals surface area contributed by atoms with Crippen molar-refractivity contribution in [1.29, 1.82) is 0 Å². The summed E-state index contributed by atoms with van der Waals surface area (Å²) in [5.74, 6) is 1.53. The van der Waals surface area contributed by atoms with Gasteiger partial charge in [0.2, 0.25) is 0 Å². The number of methoxy groups -OCH3 is 1. The Hall–Kier alpha value is -2.57. The summed E-state index contributed by atoms with van der Waals surface area (Å²) in [4.78, 5) is 4.78. The van der Waals surface area contributed by atoms with Crippen LogP contribution < -0.4 is 14.8 Å². The molecular weight excluding hydrogens is 472 g/mol. The zero-order chi connectivity index (χ0) is 21.8. The van der Waals surface area contributed by atoms with Gasteiger partial charge >= 0.3 is 0 Å². The molecule has 6 heteroatoms. The summed E-state index contributed by atoms with van der Waals surface area (Å²) in [6.45, 7) is 5.49. The molecule has 1 heterocycles. The average molecular weight is 497 g/mol. The minimum absolute atomic E-state index is 0.634. The van der Waals surface area contributed by atoms with Crippen LogP contribution in [0.2, 0.25) is 0 Å². The number of hydrogen-bond donors (Lipinski definition) is 1. The predicted molar refractivity (Wildman–Crippen MR) is 134 cm³/mol. The third kappa shape index (κ3) is 5.02. The highest BCUT2D eigenvalue weighted by molar-refractivity contribution is 9.10. The van der Waals surface area contributed by atoms with E-state index in [9.17, 15) is 0 Å². The first kappa shape index (κ1) is 21.7. The van der Waals surface area contributed by atoms with E-state index < -0.39 is 0 Å². The van der Waals surface area contributed by atoms with Crippen LogP contribution in [-0.2, 0) is 6.54 Å². The second-order valence-electron chi connectivity index (χ2n) is 7.37. The van der Waals surface area contributed by atoms with Gasteiger partial charge < -0.3 is 14.8 Å². The first-order chi connectivity index (χ1) is 15.1. The molecule has 0 fully saturated rings. The molecule has 0 saturated carbocycles. The van der Waals surface area contributed by atoms with Crippen LogP contribution in [0.4, 0.5) is 5.69 Å². The van der Waals surface area contributed by atoms with E-state index in [1.54, 1.807) is 18.4 Å². The number of anilines is 1. The van der Waals surface area contributed by atoms with Crippen molar-refractivity contribution in [2.45, 2.75) is 26.8 Å². The van der Waals surface area contributed by atoms with Crippen LogP contribution in [0.25, 0.3) is 20.8 Å². The highest BCUT2D eigenvalue weighted by Crippen LogP contribution is 2.36. The van der Waals surface area contributed by atoms with Gasteiger partial charge in [-0.3, -0.25) is 0 Å². The monoisotopic (exact) mass is 496 g/mol. The Balaban J connectivity index is 1.51. The SMILES string of the molecule is CCCOc1c(CNc2ccc(-c3nc4ccc(C)cc4s3)cc2)cc(Br)cc1OC. The number of aryl methyl sites for hydroxylation is 1. The maximum Gasteiger partial charge on any atom is 0.166 e. The molecule has 1 aromatic heterocycles. The molecule has 0 bridgehead atoms. The number of fused-ring (bicyclic) bond motifs is 1. The Labute approximate surface area is 195 Å². The molecule has 3 aromatic carbocycles. The number of nitrogens with zero attached hydrogens (tertiary/aromatic N) is 1. The van der Waals surface area contributed by atoms with Gasteiger partial charge in [0.15, 0.2) is 11.5 Å². The zero-order valence-corrected chi connectivity index (χ0v) is 20.3. The number of nitrogens with one attached hydrogen (secondary N) is 1. The molecule has 0 unspecified atom stereocenters. The third-order valence-electron chi connectivity index (χ3n) is 4.93. The van der Waals surface area contributed by atoms with Crippen molar-refractivity contribution in [2.75, 3.05) is 19.0 Å². The number of benzene rings is 3. The van der Waals surface area contributed by atoms with Crippen molar-refractivity contribution in [1.82, 2.24) is 4.98 Å². The van der Waals surface area contributed by atoms with Crippen LogP contribution in [0.1, 0.15) is 24.5 Å². The molecule has 0 aliphatic heterocycles. The van der Waals surface area contributed by atoms with E-state index in [2.05, 4.69) is 83.6 Å². The van der Waals surface area contributed by atoms with Crippen LogP contribution in [0.3, 0.4) is 0 Å². The second kappa shape index (κ2) is 9.71. The van der Waals surface area contributed by atoms with Gasteiger partial charge in [-0.15, -0.1) is 11.3 Å². The zero-order valence-electron chi connectivity index (χ0n) is 17.9. The normalized spacial score (nSPS) is 11.0. The fraction of sp³-hybridized carbons (Fsp3) is 0.240. The molecule has 0 spiro atoms. The molecule has 4 rings (SSSR count). The summed E-state index contributed by atoms with van der Waals surface area (Å²) in [6, 6.07) is 18.8. The van der Waals surface area contributed by atoms with Gasteiger partial charge in [-0.25, -0.2) is 4.98 Å². The summed E-state index contributed by atoms with van der Waals surface area (Å²) in [5, 5.41) is 4.54. The van der Waals surface area contributed by atoms with Crippen molar-refractivity contribution < 1.29 is 9.47 Å². The molecule has 0 amide bonds. The summed E-state index contributed by atoms with van der Waals surface area (Å²) in [5.41, 5.74) is 5.52. The molecular formula is C25H25BrN2O2S. The van der Waals surface area contributed by atoms with E-state index in [1.165, 1.54) is 10.3 Å². The van der Waals surface area contributed by atoms with Crippen LogP contribution in [0.5, 0.6) is 11.5 Å². The Morgan fingerprint density at radius 3 is 2.61 bits per heavy atom. The van der Waals surface area contributed by atoms with Crippen molar-refractivity contribution in [3.8, 4) is 22.1 Å². The minimum Gasteiger partial charge on any atom is -0.493 e. The molecule has 0 saturated heterocycles. The number of hydrogen-bond acceptors (Lipinski definition) is 5. The average Bonchev–Trinajstić information content (AvgIpc) is 3.20. The highest BCUT2D eigenvalue weighted by atomic mass is 79.9. The van der Waals surface area contributed by atoms with Gasteiger partial charge in [-0.05, 0) is 67.4 Å². The van der Waals surface area contributed by atoms with E-state index >= 15 is 0 Å². The van der Waals surface area contributed by atoms with Gasteiger partial charge in [0, 0.05) is 27.8 Å². The van der Waals surface area contributed by atoms with Crippen LogP contribution in [0.15, 0.2) is 59.1 Å². The van der Waals surface area contributed by atoms with Crippen molar-refractivity contribution in [3.05, 3.63) is 70.2 Å². The smallest absolute Gasteiger partial charge is 0.166 e. The van der Waals surface area contributed by atoms with E-state index in [0.717, 1.165) is 49.7 Å². The molecule has 31 heavy (non-hydrogen) atoms. The predicted octanol–water partition coefficient (Wildman–Crippen LogP) is 7.44. The van der Waals surface area contributed by atoms with Gasteiger partial charge in [0.1, 0.15) is 5.01 Å². The summed E-state index contributed by atoms with van der Waals surface area (Å²) in [6.07, 6.45) is 0.943. The lowest BCUT2D eigenvalue weighted by molar-refractivity contribution is 0.291. The highest BCUT2D eigenvalue weighted by Gasteiger charge is 2.13. The number of ether oxygens (including phenoxy) is 2. The van der Waals surface area contributed by atoms with Crippen LogP contribution >= 0.6 is 27.3 Å². The standard InChI is InChI=1S/C25H25BrN2O2S/c1-4-11-30-24-18(13-19(26)14-22(24)29-3)15-27-20-8-6-17(7-9-20)25-28-21-10-5-16(2)12-23(21)31-25/h5-10,12-14,27H,4,11,15H2,1-3H3. The number of aromatic nitrogens is 1. The van der Waals surface area contributed by atoms with Crippen LogP contribution in [-0.4, -0.2) is 18.7 Å².